The van der Waals surface area contributed by atoms with Crippen LogP contribution in [0.2, 0.25) is 0 Å². The van der Waals surface area contributed by atoms with E-state index in [9.17, 15) is 4.79 Å². The highest BCUT2D eigenvalue weighted by molar-refractivity contribution is 7.09. The summed E-state index contributed by atoms with van der Waals surface area (Å²) in [6, 6.07) is 18.8. The van der Waals surface area contributed by atoms with Crippen LogP contribution in [0.3, 0.4) is 0 Å². The van der Waals surface area contributed by atoms with E-state index in [0.717, 1.165) is 47.7 Å². The second-order valence-electron chi connectivity index (χ2n) is 6.91. The zero-order valence-corrected chi connectivity index (χ0v) is 16.3. The summed E-state index contributed by atoms with van der Waals surface area (Å²) in [5, 5.41) is 0. The molecule has 4 nitrogen and oxygen atoms in total. The summed E-state index contributed by atoms with van der Waals surface area (Å²) in [5.74, 6) is 0. The van der Waals surface area contributed by atoms with Gasteiger partial charge >= 0.3 is 6.03 Å². The predicted octanol–water partition coefficient (Wildman–Crippen LogP) is 4.55. The first-order valence-corrected chi connectivity index (χ1v) is 10.2. The topological polar surface area (TPSA) is 37.6 Å². The quantitative estimate of drug-likeness (QED) is 0.659. The van der Waals surface area contributed by atoms with Gasteiger partial charge in [-0.25, -0.2) is 4.79 Å². The lowest BCUT2D eigenvalue weighted by molar-refractivity contribution is 0.218. The molecule has 1 aromatic heterocycles. The van der Waals surface area contributed by atoms with E-state index in [1.165, 1.54) is 11.1 Å². The molecular weight excluding hydrogens is 354 g/mol. The minimum atomic E-state index is -0.121. The van der Waals surface area contributed by atoms with Crippen molar-refractivity contribution in [1.29, 1.82) is 0 Å². The van der Waals surface area contributed by atoms with Crippen molar-refractivity contribution >= 4 is 17.4 Å². The van der Waals surface area contributed by atoms with Crippen molar-refractivity contribution in [2.24, 2.45) is 4.99 Å². The number of carbonyl (C=O) groups is 1. The smallest absolute Gasteiger partial charge is 0.323 e. The normalized spacial score (nSPS) is 14.7. The van der Waals surface area contributed by atoms with Gasteiger partial charge in [0.05, 0.1) is 0 Å². The molecule has 27 heavy (non-hydrogen) atoms. The molecule has 0 spiro atoms. The first kappa shape index (κ1) is 17.7. The summed E-state index contributed by atoms with van der Waals surface area (Å²) in [6.45, 7) is 3.69. The third-order valence-electron chi connectivity index (χ3n) is 4.80. The lowest BCUT2D eigenvalue weighted by atomic mass is 10.0. The van der Waals surface area contributed by atoms with E-state index >= 15 is 0 Å². The Labute approximate surface area is 163 Å². The molecule has 0 N–H and O–H groups in total. The van der Waals surface area contributed by atoms with Crippen molar-refractivity contribution in [1.82, 2.24) is 9.47 Å². The number of nitrogens with zero attached hydrogens (tertiary/aromatic N) is 3. The van der Waals surface area contributed by atoms with Crippen LogP contribution in [0.25, 0.3) is 5.69 Å². The third-order valence-corrected chi connectivity index (χ3v) is 5.70. The molecule has 3 aromatic rings. The Morgan fingerprint density at radius 1 is 1.00 bits per heavy atom. The van der Waals surface area contributed by atoms with Crippen LogP contribution >= 0.6 is 11.3 Å². The number of hydrogen-bond acceptors (Lipinski definition) is 2. The summed E-state index contributed by atoms with van der Waals surface area (Å²) in [4.78, 5) is 20.5. The Morgan fingerprint density at radius 2 is 1.67 bits per heavy atom. The van der Waals surface area contributed by atoms with Gasteiger partial charge in [-0.15, -0.1) is 11.3 Å². The number of rotatable bonds is 3. The molecule has 1 aliphatic heterocycles. The Balaban J connectivity index is 1.59. The molecule has 0 atom stereocenters. The van der Waals surface area contributed by atoms with Gasteiger partial charge in [-0.3, -0.25) is 4.57 Å². The summed E-state index contributed by atoms with van der Waals surface area (Å²) in [5.41, 5.74) is 3.60. The first-order valence-electron chi connectivity index (χ1n) is 9.35. The summed E-state index contributed by atoms with van der Waals surface area (Å²) >= 11 is 1.55. The van der Waals surface area contributed by atoms with Crippen LogP contribution in [0.5, 0.6) is 0 Å². The lowest BCUT2D eigenvalue weighted by Gasteiger charge is -2.10. The van der Waals surface area contributed by atoms with Gasteiger partial charge in [0, 0.05) is 29.9 Å². The molecule has 2 heterocycles. The van der Waals surface area contributed by atoms with Gasteiger partial charge in [-0.1, -0.05) is 42.5 Å². The van der Waals surface area contributed by atoms with E-state index in [1.54, 1.807) is 11.3 Å². The number of aromatic nitrogens is 1. The van der Waals surface area contributed by atoms with Crippen LogP contribution in [0, 0.1) is 6.92 Å². The average Bonchev–Trinajstić information content (AvgIpc) is 3.33. The van der Waals surface area contributed by atoms with E-state index in [-0.39, 0.29) is 6.03 Å². The molecule has 0 radical (unpaired) electrons. The summed E-state index contributed by atoms with van der Waals surface area (Å²) in [7, 11) is 0. The molecule has 1 fully saturated rings. The summed E-state index contributed by atoms with van der Waals surface area (Å²) in [6.07, 6.45) is 5.12. The van der Waals surface area contributed by atoms with Gasteiger partial charge in [0.1, 0.15) is 0 Å². The van der Waals surface area contributed by atoms with Crippen LogP contribution in [0.4, 0.5) is 4.79 Å². The number of carbonyl (C=O) groups excluding carboxylic acids is 1. The molecule has 2 amide bonds. The highest BCUT2D eigenvalue weighted by atomic mass is 32.1. The van der Waals surface area contributed by atoms with Crippen molar-refractivity contribution in [3.8, 4) is 5.69 Å². The number of hydrogen-bond donors (Lipinski definition) is 0. The van der Waals surface area contributed by atoms with Gasteiger partial charge in [0.2, 0.25) is 0 Å². The summed E-state index contributed by atoms with van der Waals surface area (Å²) < 4.78 is 2.01. The lowest BCUT2D eigenvalue weighted by Crippen LogP contribution is -2.27. The van der Waals surface area contributed by atoms with E-state index < -0.39 is 0 Å². The highest BCUT2D eigenvalue weighted by Gasteiger charge is 2.17. The van der Waals surface area contributed by atoms with Crippen molar-refractivity contribution in [2.75, 3.05) is 13.1 Å². The standard InChI is InChI=1S/C22H23N3OS/c1-17-16-25(22(27-17)23-21(26)24-13-5-6-14-24)20-11-9-19(10-12-20)15-18-7-3-2-4-8-18/h2-4,7-12,16H,5-6,13-15H2,1H3. The molecule has 4 rings (SSSR count). The van der Waals surface area contributed by atoms with E-state index in [0.29, 0.717) is 0 Å². The molecular formula is C22H23N3OS. The molecule has 0 unspecified atom stereocenters. The maximum absolute atomic E-state index is 12.4. The van der Waals surface area contributed by atoms with Crippen molar-refractivity contribution in [3.63, 3.8) is 0 Å². The Hall–Kier alpha value is -2.66. The zero-order chi connectivity index (χ0) is 18.6. The van der Waals surface area contributed by atoms with Gasteiger partial charge in [-0.05, 0) is 49.4 Å². The third kappa shape index (κ3) is 4.19. The van der Waals surface area contributed by atoms with Gasteiger partial charge < -0.3 is 4.90 Å². The monoisotopic (exact) mass is 377 g/mol. The van der Waals surface area contributed by atoms with Crippen molar-refractivity contribution in [2.45, 2.75) is 26.2 Å². The van der Waals surface area contributed by atoms with Crippen molar-refractivity contribution < 1.29 is 4.79 Å². The minimum Gasteiger partial charge on any atom is -0.323 e. The fraction of sp³-hybridized carbons (Fsp3) is 0.273. The van der Waals surface area contributed by atoms with E-state index in [1.807, 2.05) is 28.7 Å². The molecule has 0 bridgehead atoms. The number of thiazole rings is 1. The Morgan fingerprint density at radius 3 is 2.37 bits per heavy atom. The Bertz CT molecular complexity index is 980. The van der Waals surface area contributed by atoms with Gasteiger partial charge in [0.15, 0.2) is 4.80 Å². The highest BCUT2D eigenvalue weighted by Crippen LogP contribution is 2.15. The predicted molar refractivity (Wildman–Crippen MR) is 109 cm³/mol. The van der Waals surface area contributed by atoms with E-state index in [4.69, 9.17) is 0 Å². The zero-order valence-electron chi connectivity index (χ0n) is 15.5. The maximum Gasteiger partial charge on any atom is 0.346 e. The molecule has 1 aliphatic rings. The molecule has 0 aliphatic carbocycles. The second-order valence-corrected chi connectivity index (χ2v) is 8.12. The number of aryl methyl sites for hydroxylation is 1. The number of likely N-dealkylation sites (tertiary alicyclic amines) is 1. The minimum absolute atomic E-state index is 0.121. The van der Waals surface area contributed by atoms with Crippen molar-refractivity contribution in [3.05, 3.63) is 81.6 Å². The maximum atomic E-state index is 12.4. The van der Waals surface area contributed by atoms with Crippen LogP contribution in [0.15, 0.2) is 65.8 Å². The number of amides is 2. The van der Waals surface area contributed by atoms with Gasteiger partial charge in [0.25, 0.3) is 0 Å². The molecule has 0 saturated carbocycles. The molecule has 138 valence electrons. The SMILES string of the molecule is Cc1cn(-c2ccc(Cc3ccccc3)cc2)c(=NC(=O)N2CCCC2)s1. The fourth-order valence-electron chi connectivity index (χ4n) is 3.39. The Kier molecular flexibility index (Phi) is 5.21. The fourth-order valence-corrected chi connectivity index (χ4v) is 4.21. The number of benzene rings is 2. The van der Waals surface area contributed by atoms with Crippen LogP contribution in [0.1, 0.15) is 28.8 Å². The van der Waals surface area contributed by atoms with E-state index in [2.05, 4.69) is 53.5 Å². The molecule has 2 aromatic carbocycles. The van der Waals surface area contributed by atoms with Crippen LogP contribution in [-0.4, -0.2) is 28.6 Å². The second kappa shape index (κ2) is 7.92. The largest absolute Gasteiger partial charge is 0.346 e. The first-order chi connectivity index (χ1) is 13.2. The number of urea groups is 1. The molecule has 1 saturated heterocycles. The molecule has 5 heteroatoms. The van der Waals surface area contributed by atoms with Gasteiger partial charge in [-0.2, -0.15) is 4.99 Å². The van der Waals surface area contributed by atoms with Crippen LogP contribution < -0.4 is 4.80 Å². The van der Waals surface area contributed by atoms with Crippen LogP contribution in [-0.2, 0) is 6.42 Å². The average molecular weight is 378 g/mol.